The van der Waals surface area contributed by atoms with Crippen LogP contribution in [0.15, 0.2) is 60.1 Å². The zero-order valence-electron chi connectivity index (χ0n) is 17.9. The van der Waals surface area contributed by atoms with Crippen LogP contribution >= 0.6 is 11.3 Å². The molecule has 164 valence electrons. The lowest BCUT2D eigenvalue weighted by Gasteiger charge is -2.04. The summed E-state index contributed by atoms with van der Waals surface area (Å²) in [4.78, 5) is 32.0. The summed E-state index contributed by atoms with van der Waals surface area (Å²) in [6.45, 7) is 2.13. The number of esters is 1. The number of hydrogen-bond donors (Lipinski definition) is 2. The fourth-order valence-corrected chi connectivity index (χ4v) is 4.24. The van der Waals surface area contributed by atoms with Crippen LogP contribution in [0.4, 0.5) is 5.69 Å². The Morgan fingerprint density at radius 2 is 1.94 bits per heavy atom. The Labute approximate surface area is 190 Å². The standard InChI is InChI=1S/C25H25N3O3S/c1-17-9-11-19(12-10-17)27-23(29)13-24-28-20(16-32-24)15-31-25(30)8-4-5-18-14-26-22-7-3-2-6-21(18)22/h2-3,6-7,9-12,14,16,26H,4-5,8,13,15H2,1H3,(H,27,29). The van der Waals surface area contributed by atoms with Gasteiger partial charge in [0.25, 0.3) is 0 Å². The molecule has 7 heteroatoms. The summed E-state index contributed by atoms with van der Waals surface area (Å²) in [6.07, 6.45) is 4.09. The average Bonchev–Trinajstić information content (AvgIpc) is 3.41. The summed E-state index contributed by atoms with van der Waals surface area (Å²) in [7, 11) is 0. The number of aryl methyl sites for hydroxylation is 2. The summed E-state index contributed by atoms with van der Waals surface area (Å²) in [5.41, 5.74) is 4.88. The van der Waals surface area contributed by atoms with Crippen LogP contribution in [0.3, 0.4) is 0 Å². The van der Waals surface area contributed by atoms with Crippen LogP contribution in [0.1, 0.15) is 34.7 Å². The first kappa shape index (κ1) is 21.8. The molecule has 0 aliphatic carbocycles. The van der Waals surface area contributed by atoms with E-state index in [1.807, 2.05) is 61.0 Å². The van der Waals surface area contributed by atoms with Crippen molar-refractivity contribution in [3.8, 4) is 0 Å². The van der Waals surface area contributed by atoms with Gasteiger partial charge in [-0.25, -0.2) is 4.98 Å². The molecule has 2 aromatic carbocycles. The first-order chi connectivity index (χ1) is 15.6. The third-order valence-corrected chi connectivity index (χ3v) is 6.03. The van der Waals surface area contributed by atoms with Crippen molar-refractivity contribution in [2.45, 2.75) is 39.2 Å². The number of amides is 1. The minimum absolute atomic E-state index is 0.121. The molecule has 6 nitrogen and oxygen atoms in total. The monoisotopic (exact) mass is 447 g/mol. The van der Waals surface area contributed by atoms with Crippen molar-refractivity contribution in [3.63, 3.8) is 0 Å². The van der Waals surface area contributed by atoms with Crippen molar-refractivity contribution in [3.05, 3.63) is 81.9 Å². The van der Waals surface area contributed by atoms with E-state index in [1.165, 1.54) is 22.3 Å². The SMILES string of the molecule is Cc1ccc(NC(=O)Cc2nc(COC(=O)CCCc3c[nH]c4ccccc34)cs2)cc1. The van der Waals surface area contributed by atoms with Crippen LogP contribution < -0.4 is 5.32 Å². The average molecular weight is 448 g/mol. The van der Waals surface area contributed by atoms with E-state index in [9.17, 15) is 9.59 Å². The quantitative estimate of drug-likeness (QED) is 0.346. The zero-order valence-corrected chi connectivity index (χ0v) is 18.7. The maximum absolute atomic E-state index is 12.2. The summed E-state index contributed by atoms with van der Waals surface area (Å²) in [5.74, 6) is -0.361. The first-order valence-corrected chi connectivity index (χ1v) is 11.5. The molecule has 2 aromatic heterocycles. The predicted molar refractivity (Wildman–Crippen MR) is 127 cm³/mol. The highest BCUT2D eigenvalue weighted by molar-refractivity contribution is 7.09. The molecule has 0 spiro atoms. The second-order valence-corrected chi connectivity index (χ2v) is 8.64. The number of benzene rings is 2. The van der Waals surface area contributed by atoms with E-state index in [1.54, 1.807) is 0 Å². The highest BCUT2D eigenvalue weighted by Gasteiger charge is 2.11. The highest BCUT2D eigenvalue weighted by atomic mass is 32.1. The van der Waals surface area contributed by atoms with Gasteiger partial charge in [0.1, 0.15) is 11.6 Å². The molecule has 4 rings (SSSR count). The number of carbonyl (C=O) groups excluding carboxylic acids is 2. The van der Waals surface area contributed by atoms with E-state index in [0.29, 0.717) is 17.1 Å². The van der Waals surface area contributed by atoms with Crippen molar-refractivity contribution >= 4 is 39.8 Å². The van der Waals surface area contributed by atoms with E-state index in [2.05, 4.69) is 21.4 Å². The highest BCUT2D eigenvalue weighted by Crippen LogP contribution is 2.20. The molecule has 0 fully saturated rings. The number of aromatic nitrogens is 2. The summed E-state index contributed by atoms with van der Waals surface area (Å²) in [5, 5.41) is 6.58. The molecular weight excluding hydrogens is 422 g/mol. The number of thiazole rings is 1. The Hall–Kier alpha value is -3.45. The van der Waals surface area contributed by atoms with Gasteiger partial charge in [-0.2, -0.15) is 0 Å². The number of aromatic amines is 1. The topological polar surface area (TPSA) is 84.1 Å². The van der Waals surface area contributed by atoms with Gasteiger partial charge in [-0.15, -0.1) is 11.3 Å². The van der Waals surface area contributed by atoms with Crippen molar-refractivity contribution in [1.82, 2.24) is 9.97 Å². The third-order valence-electron chi connectivity index (χ3n) is 5.13. The van der Waals surface area contributed by atoms with Crippen LogP contribution in [0.5, 0.6) is 0 Å². The molecular formula is C25H25N3O3S. The molecule has 4 aromatic rings. The van der Waals surface area contributed by atoms with Gasteiger partial charge in [-0.1, -0.05) is 35.9 Å². The first-order valence-electron chi connectivity index (χ1n) is 10.6. The van der Waals surface area contributed by atoms with E-state index in [-0.39, 0.29) is 24.9 Å². The van der Waals surface area contributed by atoms with Gasteiger partial charge in [-0.05, 0) is 43.5 Å². The Morgan fingerprint density at radius 1 is 1.12 bits per heavy atom. The fraction of sp³-hybridized carbons (Fsp3) is 0.240. The van der Waals surface area contributed by atoms with E-state index < -0.39 is 0 Å². The molecule has 2 N–H and O–H groups in total. The Balaban J connectivity index is 1.18. The van der Waals surface area contributed by atoms with E-state index in [0.717, 1.165) is 29.6 Å². The maximum Gasteiger partial charge on any atom is 0.306 e. The van der Waals surface area contributed by atoms with Crippen LogP contribution in [-0.4, -0.2) is 21.8 Å². The minimum Gasteiger partial charge on any atom is -0.459 e. The second kappa shape index (κ2) is 10.2. The third kappa shape index (κ3) is 5.82. The molecule has 1 amide bonds. The number of nitrogens with one attached hydrogen (secondary N) is 2. The smallest absolute Gasteiger partial charge is 0.306 e. The van der Waals surface area contributed by atoms with Crippen LogP contribution in [0.2, 0.25) is 0 Å². The Kier molecular flexibility index (Phi) is 6.97. The second-order valence-electron chi connectivity index (χ2n) is 7.70. The number of nitrogens with zero attached hydrogens (tertiary/aromatic N) is 1. The summed E-state index contributed by atoms with van der Waals surface area (Å²) >= 11 is 1.39. The molecule has 2 heterocycles. The van der Waals surface area contributed by atoms with E-state index in [4.69, 9.17) is 4.74 Å². The van der Waals surface area contributed by atoms with Gasteiger partial charge >= 0.3 is 5.97 Å². The van der Waals surface area contributed by atoms with Crippen molar-refractivity contribution in [2.24, 2.45) is 0 Å². The maximum atomic E-state index is 12.2. The number of rotatable bonds is 9. The summed E-state index contributed by atoms with van der Waals surface area (Å²) in [6, 6.07) is 15.8. The lowest BCUT2D eigenvalue weighted by atomic mass is 10.1. The summed E-state index contributed by atoms with van der Waals surface area (Å²) < 4.78 is 5.36. The number of hydrogen-bond acceptors (Lipinski definition) is 5. The molecule has 32 heavy (non-hydrogen) atoms. The number of ether oxygens (including phenoxy) is 1. The van der Waals surface area contributed by atoms with Gasteiger partial charge in [-0.3, -0.25) is 9.59 Å². The van der Waals surface area contributed by atoms with Gasteiger partial charge in [0.2, 0.25) is 5.91 Å². The molecule has 0 saturated heterocycles. The molecule has 0 aliphatic rings. The minimum atomic E-state index is -0.239. The number of para-hydroxylation sites is 1. The Bertz CT molecular complexity index is 1210. The molecule has 0 bridgehead atoms. The normalized spacial score (nSPS) is 10.9. The largest absolute Gasteiger partial charge is 0.459 e. The molecule has 0 aliphatic heterocycles. The lowest BCUT2D eigenvalue weighted by molar-refractivity contribution is -0.145. The lowest BCUT2D eigenvalue weighted by Crippen LogP contribution is -2.14. The molecule has 0 atom stereocenters. The van der Waals surface area contributed by atoms with Crippen LogP contribution in [0.25, 0.3) is 10.9 Å². The number of carbonyl (C=O) groups is 2. The number of anilines is 1. The van der Waals surface area contributed by atoms with Gasteiger partial charge in [0.05, 0.1) is 12.1 Å². The fourth-order valence-electron chi connectivity index (χ4n) is 3.46. The predicted octanol–water partition coefficient (Wildman–Crippen LogP) is 5.18. The van der Waals surface area contributed by atoms with Crippen molar-refractivity contribution in [1.29, 1.82) is 0 Å². The van der Waals surface area contributed by atoms with Crippen LogP contribution in [-0.2, 0) is 33.8 Å². The number of H-pyrrole nitrogens is 1. The molecule has 0 unspecified atom stereocenters. The van der Waals surface area contributed by atoms with Gasteiger partial charge in [0, 0.05) is 34.6 Å². The van der Waals surface area contributed by atoms with Crippen molar-refractivity contribution < 1.29 is 14.3 Å². The van der Waals surface area contributed by atoms with E-state index >= 15 is 0 Å². The van der Waals surface area contributed by atoms with Gasteiger partial charge in [0.15, 0.2) is 0 Å². The van der Waals surface area contributed by atoms with Crippen molar-refractivity contribution in [2.75, 3.05) is 5.32 Å². The van der Waals surface area contributed by atoms with Crippen LogP contribution in [0, 0.1) is 6.92 Å². The Morgan fingerprint density at radius 3 is 2.78 bits per heavy atom. The zero-order chi connectivity index (χ0) is 22.3. The molecule has 0 saturated carbocycles. The number of fused-ring (bicyclic) bond motifs is 1. The molecule has 0 radical (unpaired) electrons. The van der Waals surface area contributed by atoms with Gasteiger partial charge < -0.3 is 15.0 Å².